The summed E-state index contributed by atoms with van der Waals surface area (Å²) in [5.74, 6) is 0.232. The Hall–Kier alpha value is -1.51. The Morgan fingerprint density at radius 2 is 1.82 bits per heavy atom. The lowest BCUT2D eigenvalue weighted by Gasteiger charge is -1.99. The maximum Gasteiger partial charge on any atom is 0.248 e. The average Bonchev–Trinajstić information content (AvgIpc) is 2.39. The van der Waals surface area contributed by atoms with Crippen molar-refractivity contribution in [3.8, 4) is 0 Å². The molecule has 0 aliphatic carbocycles. The molecule has 0 saturated heterocycles. The second-order valence-corrected chi connectivity index (χ2v) is 3.55. The molecule has 0 bridgehead atoms. The molecule has 1 aromatic heterocycles. The van der Waals surface area contributed by atoms with Gasteiger partial charge in [0.25, 0.3) is 0 Å². The molecule has 0 unspecified atom stereocenters. The van der Waals surface area contributed by atoms with E-state index < -0.39 is 0 Å². The first-order valence-electron chi connectivity index (χ1n) is 6.21. The van der Waals surface area contributed by atoms with E-state index in [2.05, 4.69) is 4.98 Å². The molecule has 0 aliphatic heterocycles. The van der Waals surface area contributed by atoms with Crippen molar-refractivity contribution in [2.75, 3.05) is 0 Å². The standard InChI is InChI=1S/C12H17NO2.C2H6/c1-4-8(3)9-6-7-11(15)13-12(9)10(14)5-2;1-2/h6-7,14H,4-5H2,1-3H3,(H,13,15);1-2H3/b9-8-,12-10-;. The zero-order valence-electron chi connectivity index (χ0n) is 11.4. The lowest BCUT2D eigenvalue weighted by Crippen LogP contribution is -2.36. The second-order valence-electron chi connectivity index (χ2n) is 3.55. The van der Waals surface area contributed by atoms with Gasteiger partial charge in [-0.1, -0.05) is 33.3 Å². The summed E-state index contributed by atoms with van der Waals surface area (Å²) in [5, 5.41) is 11.2. The normalized spacial score (nSPS) is 13.5. The molecular formula is C14H23NO2. The van der Waals surface area contributed by atoms with E-state index in [0.29, 0.717) is 11.8 Å². The van der Waals surface area contributed by atoms with Crippen LogP contribution in [0.5, 0.6) is 0 Å². The number of rotatable bonds is 2. The van der Waals surface area contributed by atoms with E-state index in [4.69, 9.17) is 0 Å². The summed E-state index contributed by atoms with van der Waals surface area (Å²) < 4.78 is 0. The van der Waals surface area contributed by atoms with Crippen LogP contribution in [0.15, 0.2) is 16.9 Å². The fourth-order valence-electron chi connectivity index (χ4n) is 1.43. The van der Waals surface area contributed by atoms with Gasteiger partial charge in [-0.05, 0) is 19.4 Å². The Morgan fingerprint density at radius 1 is 1.24 bits per heavy atom. The highest BCUT2D eigenvalue weighted by Crippen LogP contribution is 1.94. The van der Waals surface area contributed by atoms with Gasteiger partial charge in [0.2, 0.25) is 5.56 Å². The monoisotopic (exact) mass is 237 g/mol. The van der Waals surface area contributed by atoms with Crippen molar-refractivity contribution in [3.05, 3.63) is 33.1 Å². The minimum absolute atomic E-state index is 0.183. The maximum atomic E-state index is 11.2. The Kier molecular flexibility index (Phi) is 7.03. The van der Waals surface area contributed by atoms with E-state index in [0.717, 1.165) is 17.2 Å². The molecule has 1 heterocycles. The van der Waals surface area contributed by atoms with Crippen LogP contribution in [-0.2, 0) is 0 Å². The molecule has 0 aliphatic rings. The SMILES string of the molecule is CC.CC/C(C)=c1/ccc(=O)[nH]/c1=C(\O)CC. The molecule has 0 amide bonds. The summed E-state index contributed by atoms with van der Waals surface area (Å²) in [6.07, 6.45) is 1.42. The van der Waals surface area contributed by atoms with E-state index in [1.54, 1.807) is 6.07 Å². The van der Waals surface area contributed by atoms with Crippen molar-refractivity contribution in [3.63, 3.8) is 0 Å². The highest BCUT2D eigenvalue weighted by molar-refractivity contribution is 5.44. The van der Waals surface area contributed by atoms with E-state index in [-0.39, 0.29) is 11.3 Å². The first-order chi connectivity index (χ1) is 8.10. The third kappa shape index (κ3) is 4.10. The first kappa shape index (κ1) is 15.5. The number of hydrogen-bond donors (Lipinski definition) is 2. The fraction of sp³-hybridized carbons (Fsp3) is 0.500. The minimum Gasteiger partial charge on any atom is -0.510 e. The number of nitrogens with one attached hydrogen (secondary N) is 1. The number of aliphatic hydroxyl groups excluding tert-OH is 1. The van der Waals surface area contributed by atoms with Crippen LogP contribution in [0.1, 0.15) is 47.5 Å². The first-order valence-corrected chi connectivity index (χ1v) is 6.21. The number of pyridine rings is 1. The number of H-pyrrole nitrogens is 1. The average molecular weight is 237 g/mol. The largest absolute Gasteiger partial charge is 0.510 e. The van der Waals surface area contributed by atoms with Crippen molar-refractivity contribution in [1.29, 1.82) is 0 Å². The summed E-state index contributed by atoms with van der Waals surface area (Å²) in [7, 11) is 0. The third-order valence-electron chi connectivity index (χ3n) is 2.53. The zero-order valence-corrected chi connectivity index (χ0v) is 11.4. The van der Waals surface area contributed by atoms with Gasteiger partial charge in [0.05, 0.1) is 5.35 Å². The van der Waals surface area contributed by atoms with Gasteiger partial charge in [-0.15, -0.1) is 0 Å². The summed E-state index contributed by atoms with van der Waals surface area (Å²) in [5.41, 5.74) is 0.971. The molecule has 3 heteroatoms. The highest BCUT2D eigenvalue weighted by Gasteiger charge is 1.97. The molecule has 0 spiro atoms. The highest BCUT2D eigenvalue weighted by atomic mass is 16.3. The van der Waals surface area contributed by atoms with Gasteiger partial charge in [0.15, 0.2) is 0 Å². The Morgan fingerprint density at radius 3 is 2.29 bits per heavy atom. The molecule has 0 saturated carbocycles. The topological polar surface area (TPSA) is 53.1 Å². The van der Waals surface area contributed by atoms with Crippen LogP contribution < -0.4 is 16.1 Å². The summed E-state index contributed by atoms with van der Waals surface area (Å²) in [6, 6.07) is 3.25. The maximum absolute atomic E-state index is 11.2. The number of aromatic nitrogens is 1. The third-order valence-corrected chi connectivity index (χ3v) is 2.53. The Balaban J connectivity index is 0.00000121. The van der Waals surface area contributed by atoms with E-state index in [1.165, 1.54) is 6.07 Å². The summed E-state index contributed by atoms with van der Waals surface area (Å²) in [4.78, 5) is 13.9. The molecule has 0 radical (unpaired) electrons. The van der Waals surface area contributed by atoms with Crippen LogP contribution in [0.25, 0.3) is 11.3 Å². The van der Waals surface area contributed by atoms with Gasteiger partial charge >= 0.3 is 0 Å². The van der Waals surface area contributed by atoms with Crippen LogP contribution >= 0.6 is 0 Å². The van der Waals surface area contributed by atoms with E-state index in [1.807, 2.05) is 34.6 Å². The van der Waals surface area contributed by atoms with Crippen LogP contribution in [-0.4, -0.2) is 10.1 Å². The Labute approximate surface area is 103 Å². The minimum atomic E-state index is -0.183. The zero-order chi connectivity index (χ0) is 13.4. The molecule has 1 aromatic rings. The molecule has 17 heavy (non-hydrogen) atoms. The second kappa shape index (κ2) is 7.71. The van der Waals surface area contributed by atoms with E-state index >= 15 is 0 Å². The van der Waals surface area contributed by atoms with Crippen molar-refractivity contribution in [2.24, 2.45) is 0 Å². The molecule has 3 nitrogen and oxygen atoms in total. The number of aliphatic hydroxyl groups is 1. The quantitative estimate of drug-likeness (QED) is 0.827. The summed E-state index contributed by atoms with van der Waals surface area (Å²) >= 11 is 0. The van der Waals surface area contributed by atoms with Gasteiger partial charge in [-0.2, -0.15) is 0 Å². The van der Waals surface area contributed by atoms with Crippen molar-refractivity contribution < 1.29 is 5.11 Å². The van der Waals surface area contributed by atoms with Crippen LogP contribution in [0.3, 0.4) is 0 Å². The van der Waals surface area contributed by atoms with Crippen molar-refractivity contribution >= 4 is 11.3 Å². The Bertz CT molecular complexity index is 512. The van der Waals surface area contributed by atoms with E-state index in [9.17, 15) is 9.90 Å². The molecule has 1 rings (SSSR count). The number of hydrogen-bond acceptors (Lipinski definition) is 2. The predicted molar refractivity (Wildman–Crippen MR) is 73.4 cm³/mol. The lowest BCUT2D eigenvalue weighted by atomic mass is 10.1. The van der Waals surface area contributed by atoms with Gasteiger partial charge in [-0.25, -0.2) is 0 Å². The van der Waals surface area contributed by atoms with Gasteiger partial charge in [0, 0.05) is 17.7 Å². The van der Waals surface area contributed by atoms with Crippen LogP contribution in [0.4, 0.5) is 0 Å². The van der Waals surface area contributed by atoms with Crippen LogP contribution in [0, 0.1) is 0 Å². The molecule has 2 N–H and O–H groups in total. The van der Waals surface area contributed by atoms with Gasteiger partial charge in [-0.3, -0.25) is 4.79 Å². The smallest absolute Gasteiger partial charge is 0.248 e. The van der Waals surface area contributed by atoms with Crippen molar-refractivity contribution in [2.45, 2.75) is 47.5 Å². The molecule has 0 fully saturated rings. The predicted octanol–water partition coefficient (Wildman–Crippen LogP) is 2.06. The molecule has 96 valence electrons. The fourth-order valence-corrected chi connectivity index (χ4v) is 1.43. The lowest BCUT2D eigenvalue weighted by molar-refractivity contribution is 0.480. The van der Waals surface area contributed by atoms with Crippen LogP contribution in [0.2, 0.25) is 0 Å². The molecule has 0 atom stereocenters. The summed E-state index contributed by atoms with van der Waals surface area (Å²) in [6.45, 7) is 9.90. The molecule has 0 aromatic carbocycles. The van der Waals surface area contributed by atoms with Crippen molar-refractivity contribution in [1.82, 2.24) is 4.98 Å². The van der Waals surface area contributed by atoms with Gasteiger partial charge in [0.1, 0.15) is 5.76 Å². The van der Waals surface area contributed by atoms with Gasteiger partial charge < -0.3 is 10.1 Å². The number of aromatic amines is 1. The molecular weight excluding hydrogens is 214 g/mol.